The summed E-state index contributed by atoms with van der Waals surface area (Å²) < 4.78 is 73.3. The average molecular weight is 382 g/mol. The lowest BCUT2D eigenvalue weighted by molar-refractivity contribution is 0.452. The smallest absolute Gasteiger partial charge is 0.295 e. The van der Waals surface area contributed by atoms with Crippen molar-refractivity contribution in [3.05, 3.63) is 71.7 Å². The van der Waals surface area contributed by atoms with Crippen LogP contribution in [-0.4, -0.2) is 8.42 Å². The molecule has 5 nitrogen and oxygen atoms in total. The molecule has 1 aromatic heterocycles. The van der Waals surface area contributed by atoms with Gasteiger partial charge in [0.05, 0.1) is 17.6 Å². The van der Waals surface area contributed by atoms with Crippen molar-refractivity contribution in [3.63, 3.8) is 0 Å². The second kappa shape index (κ2) is 6.75. The molecular weight excluding hydrogens is 369 g/mol. The lowest BCUT2D eigenvalue weighted by Crippen LogP contribution is -2.14. The molecule has 136 valence electrons. The number of hydrogen-bond donors (Lipinski definition) is 2. The molecule has 0 saturated carbocycles. The van der Waals surface area contributed by atoms with Crippen LogP contribution in [0.4, 0.5) is 30.2 Å². The molecule has 9 heteroatoms. The predicted octanol–water partition coefficient (Wildman–Crippen LogP) is 4.55. The van der Waals surface area contributed by atoms with E-state index < -0.39 is 38.3 Å². The molecule has 0 unspecified atom stereocenters. The summed E-state index contributed by atoms with van der Waals surface area (Å²) >= 11 is 0. The Bertz CT molecular complexity index is 1050. The standard InChI is InChI=1S/C17H13F3N2O3S/c1-10-4-6-13(12(19)9-10)21-17-14(7-5-11(18)16(17)20)22-26(23,24)15-3-2-8-25-15/h2-9,21-22H,1H3. The molecule has 0 atom stereocenters. The minimum atomic E-state index is -4.17. The SMILES string of the molecule is Cc1ccc(Nc2c(NS(=O)(=O)c3ccco3)ccc(F)c2F)c(F)c1. The molecule has 0 aliphatic carbocycles. The summed E-state index contributed by atoms with van der Waals surface area (Å²) in [6.07, 6.45) is 1.15. The van der Waals surface area contributed by atoms with Crippen LogP contribution in [0.15, 0.2) is 58.2 Å². The summed E-state index contributed by atoms with van der Waals surface area (Å²) in [4.78, 5) is 0. The Hall–Kier alpha value is -2.94. The zero-order valence-corrected chi connectivity index (χ0v) is 14.2. The van der Waals surface area contributed by atoms with Gasteiger partial charge in [0.1, 0.15) is 11.5 Å². The van der Waals surface area contributed by atoms with Gasteiger partial charge in [0.15, 0.2) is 11.6 Å². The second-order valence-corrected chi connectivity index (χ2v) is 7.04. The first-order valence-corrected chi connectivity index (χ1v) is 8.84. The summed E-state index contributed by atoms with van der Waals surface area (Å²) in [5, 5.41) is 1.99. The Morgan fingerprint density at radius 2 is 1.69 bits per heavy atom. The van der Waals surface area contributed by atoms with Crippen molar-refractivity contribution in [2.75, 3.05) is 10.0 Å². The van der Waals surface area contributed by atoms with Crippen molar-refractivity contribution in [1.82, 2.24) is 0 Å². The third kappa shape index (κ3) is 3.52. The van der Waals surface area contributed by atoms with Crippen molar-refractivity contribution in [1.29, 1.82) is 0 Å². The van der Waals surface area contributed by atoms with Gasteiger partial charge in [0.2, 0.25) is 5.09 Å². The predicted molar refractivity (Wildman–Crippen MR) is 90.3 cm³/mol. The highest BCUT2D eigenvalue weighted by molar-refractivity contribution is 7.92. The molecule has 0 aliphatic rings. The van der Waals surface area contributed by atoms with Gasteiger partial charge in [-0.25, -0.2) is 13.2 Å². The van der Waals surface area contributed by atoms with Crippen LogP contribution in [0.25, 0.3) is 0 Å². The van der Waals surface area contributed by atoms with E-state index in [1.54, 1.807) is 13.0 Å². The van der Waals surface area contributed by atoms with Crippen molar-refractivity contribution in [2.45, 2.75) is 12.0 Å². The van der Waals surface area contributed by atoms with Gasteiger partial charge in [0, 0.05) is 0 Å². The van der Waals surface area contributed by atoms with E-state index in [1.807, 2.05) is 0 Å². The Morgan fingerprint density at radius 1 is 0.962 bits per heavy atom. The van der Waals surface area contributed by atoms with Crippen molar-refractivity contribution < 1.29 is 26.0 Å². The van der Waals surface area contributed by atoms with Crippen LogP contribution in [0.2, 0.25) is 0 Å². The number of rotatable bonds is 5. The fourth-order valence-electron chi connectivity index (χ4n) is 2.23. The molecule has 0 spiro atoms. The van der Waals surface area contributed by atoms with E-state index in [9.17, 15) is 21.6 Å². The summed E-state index contributed by atoms with van der Waals surface area (Å²) in [5.41, 5.74) is -0.367. The summed E-state index contributed by atoms with van der Waals surface area (Å²) in [6, 6.07) is 8.43. The molecule has 0 amide bonds. The monoisotopic (exact) mass is 382 g/mol. The first-order valence-electron chi connectivity index (χ1n) is 7.35. The van der Waals surface area contributed by atoms with Crippen molar-refractivity contribution in [3.8, 4) is 0 Å². The maximum Gasteiger partial charge on any atom is 0.295 e. The van der Waals surface area contributed by atoms with Gasteiger partial charge in [-0.05, 0) is 48.9 Å². The van der Waals surface area contributed by atoms with Crippen LogP contribution in [0.1, 0.15) is 5.56 Å². The molecule has 0 aliphatic heterocycles. The van der Waals surface area contributed by atoms with Crippen LogP contribution in [0.5, 0.6) is 0 Å². The molecule has 0 bridgehead atoms. The first-order chi connectivity index (χ1) is 12.3. The Morgan fingerprint density at radius 3 is 2.35 bits per heavy atom. The van der Waals surface area contributed by atoms with Crippen molar-refractivity contribution >= 4 is 27.1 Å². The molecule has 0 saturated heterocycles. The topological polar surface area (TPSA) is 71.3 Å². The van der Waals surface area contributed by atoms with Crippen LogP contribution < -0.4 is 10.0 Å². The molecule has 0 fully saturated rings. The largest absolute Gasteiger partial charge is 0.451 e. The quantitative estimate of drug-likeness (QED) is 0.679. The van der Waals surface area contributed by atoms with Crippen LogP contribution >= 0.6 is 0 Å². The van der Waals surface area contributed by atoms with E-state index in [0.717, 1.165) is 18.4 Å². The molecule has 2 N–H and O–H groups in total. The number of hydrogen-bond acceptors (Lipinski definition) is 4. The zero-order valence-electron chi connectivity index (χ0n) is 13.4. The molecule has 26 heavy (non-hydrogen) atoms. The van der Waals surface area contributed by atoms with E-state index in [4.69, 9.17) is 4.42 Å². The summed E-state index contributed by atoms with van der Waals surface area (Å²) in [5.74, 6) is -3.28. The number of nitrogens with one attached hydrogen (secondary N) is 2. The fourth-order valence-corrected chi connectivity index (χ4v) is 3.23. The lowest BCUT2D eigenvalue weighted by atomic mass is 10.2. The van der Waals surface area contributed by atoms with Gasteiger partial charge < -0.3 is 9.73 Å². The maximum absolute atomic E-state index is 14.3. The van der Waals surface area contributed by atoms with E-state index in [0.29, 0.717) is 5.56 Å². The third-order valence-corrected chi connectivity index (χ3v) is 4.73. The molecule has 1 heterocycles. The van der Waals surface area contributed by atoms with Crippen molar-refractivity contribution in [2.24, 2.45) is 0 Å². The Labute approximate surface area is 147 Å². The molecule has 3 rings (SSSR count). The first kappa shape index (κ1) is 17.9. The van der Waals surface area contributed by atoms with Gasteiger partial charge in [-0.1, -0.05) is 6.07 Å². The number of benzene rings is 2. The third-order valence-electron chi connectivity index (χ3n) is 3.48. The van der Waals surface area contributed by atoms with Crippen LogP contribution in [-0.2, 0) is 10.0 Å². The minimum absolute atomic E-state index is 0.140. The highest BCUT2D eigenvalue weighted by Gasteiger charge is 2.22. The number of aryl methyl sites for hydroxylation is 1. The number of halogens is 3. The van der Waals surface area contributed by atoms with E-state index in [2.05, 4.69) is 10.0 Å². The van der Waals surface area contributed by atoms with Gasteiger partial charge in [-0.2, -0.15) is 8.42 Å². The van der Waals surface area contributed by atoms with Gasteiger partial charge in [-0.15, -0.1) is 0 Å². The number of anilines is 3. The molecule has 0 radical (unpaired) electrons. The van der Waals surface area contributed by atoms with E-state index in [1.165, 1.54) is 24.3 Å². The maximum atomic E-state index is 14.3. The van der Waals surface area contributed by atoms with Gasteiger partial charge >= 0.3 is 0 Å². The normalized spacial score (nSPS) is 11.4. The fraction of sp³-hybridized carbons (Fsp3) is 0.0588. The van der Waals surface area contributed by atoms with Gasteiger partial charge in [0.25, 0.3) is 10.0 Å². The molecule has 2 aromatic carbocycles. The van der Waals surface area contributed by atoms with E-state index in [-0.39, 0.29) is 11.4 Å². The van der Waals surface area contributed by atoms with Crippen LogP contribution in [0.3, 0.4) is 0 Å². The number of furan rings is 1. The molecule has 3 aromatic rings. The molecular formula is C17H13F3N2O3S. The second-order valence-electron chi connectivity index (χ2n) is 5.43. The van der Waals surface area contributed by atoms with Crippen LogP contribution in [0, 0.1) is 24.4 Å². The Balaban J connectivity index is 2.03. The number of sulfonamides is 1. The zero-order chi connectivity index (χ0) is 18.9. The van der Waals surface area contributed by atoms with E-state index >= 15 is 0 Å². The summed E-state index contributed by atoms with van der Waals surface area (Å²) in [6.45, 7) is 1.67. The Kier molecular flexibility index (Phi) is 4.64. The minimum Gasteiger partial charge on any atom is -0.451 e. The summed E-state index contributed by atoms with van der Waals surface area (Å²) in [7, 11) is -4.17. The highest BCUT2D eigenvalue weighted by Crippen LogP contribution is 2.33. The average Bonchev–Trinajstić information content (AvgIpc) is 3.11. The lowest BCUT2D eigenvalue weighted by Gasteiger charge is -2.15. The van der Waals surface area contributed by atoms with Gasteiger partial charge in [-0.3, -0.25) is 4.72 Å². The highest BCUT2D eigenvalue weighted by atomic mass is 32.2.